The van der Waals surface area contributed by atoms with E-state index >= 15 is 0 Å². The fourth-order valence-corrected chi connectivity index (χ4v) is 1.17. The third-order valence-corrected chi connectivity index (χ3v) is 2.13. The molecule has 0 radical (unpaired) electrons. The third-order valence-electron chi connectivity index (χ3n) is 2.13. The number of likely N-dealkylation sites (N-methyl/N-ethyl adjacent to an activating group) is 1. The van der Waals surface area contributed by atoms with Crippen LogP contribution in [0, 0.1) is 0 Å². The van der Waals surface area contributed by atoms with E-state index in [0.717, 1.165) is 5.06 Å². The molecule has 0 unspecified atom stereocenters. The monoisotopic (exact) mass is 240 g/mol. The molecular formula is C8H11F3N2O3. The van der Waals surface area contributed by atoms with Crippen LogP contribution < -0.4 is 0 Å². The lowest BCUT2D eigenvalue weighted by Crippen LogP contribution is -2.36. The van der Waals surface area contributed by atoms with Crippen molar-refractivity contribution < 1.29 is 27.6 Å². The summed E-state index contributed by atoms with van der Waals surface area (Å²) in [6.07, 6.45) is -4.98. The van der Waals surface area contributed by atoms with Gasteiger partial charge in [-0.05, 0) is 0 Å². The van der Waals surface area contributed by atoms with E-state index < -0.39 is 12.1 Å². The molecule has 1 fully saturated rings. The van der Waals surface area contributed by atoms with Crippen LogP contribution in [-0.2, 0) is 14.4 Å². The number of carbonyl (C=O) groups excluding carboxylic acids is 2. The molecule has 1 aliphatic heterocycles. The van der Waals surface area contributed by atoms with Crippen LogP contribution in [0.25, 0.3) is 0 Å². The Morgan fingerprint density at radius 3 is 2.50 bits per heavy atom. The summed E-state index contributed by atoms with van der Waals surface area (Å²) >= 11 is 0. The molecule has 0 spiro atoms. The number of hydrogen-bond donors (Lipinski definition) is 0. The van der Waals surface area contributed by atoms with Crippen LogP contribution in [0.15, 0.2) is 0 Å². The Labute approximate surface area is 89.7 Å². The van der Waals surface area contributed by atoms with Gasteiger partial charge in [-0.1, -0.05) is 0 Å². The lowest BCUT2D eigenvalue weighted by atomic mass is 10.4. The van der Waals surface area contributed by atoms with E-state index in [9.17, 15) is 22.8 Å². The molecule has 0 aromatic carbocycles. The second-order valence-corrected chi connectivity index (χ2v) is 3.37. The van der Waals surface area contributed by atoms with Crippen molar-refractivity contribution in [3.05, 3.63) is 0 Å². The lowest BCUT2D eigenvalue weighted by molar-refractivity contribution is -0.237. The first-order valence-electron chi connectivity index (χ1n) is 4.58. The summed E-state index contributed by atoms with van der Waals surface area (Å²) in [5.74, 6) is -2.45. The quantitative estimate of drug-likeness (QED) is 0.655. The van der Waals surface area contributed by atoms with Crippen molar-refractivity contribution >= 4 is 11.9 Å². The molecule has 1 rings (SSSR count). The van der Waals surface area contributed by atoms with Crippen LogP contribution in [0.3, 0.4) is 0 Å². The standard InChI is InChI=1S/C8H11F3N2O3/c1-12-4-5-13(3-2-6(12)14)16-7(15)8(9,10)11/h2-5H2,1H3. The number of halogens is 3. The van der Waals surface area contributed by atoms with Gasteiger partial charge in [0.15, 0.2) is 0 Å². The van der Waals surface area contributed by atoms with Crippen LogP contribution in [0.2, 0.25) is 0 Å². The van der Waals surface area contributed by atoms with Crippen molar-refractivity contribution in [1.82, 2.24) is 9.96 Å². The van der Waals surface area contributed by atoms with Crippen molar-refractivity contribution in [3.8, 4) is 0 Å². The molecular weight excluding hydrogens is 229 g/mol. The maximum Gasteiger partial charge on any atom is 0.492 e. The number of carbonyl (C=O) groups is 2. The highest BCUT2D eigenvalue weighted by molar-refractivity contribution is 5.77. The second kappa shape index (κ2) is 4.69. The summed E-state index contributed by atoms with van der Waals surface area (Å²) in [5.41, 5.74) is 0. The van der Waals surface area contributed by atoms with Gasteiger partial charge in [0, 0.05) is 26.6 Å². The van der Waals surface area contributed by atoms with Crippen molar-refractivity contribution in [2.45, 2.75) is 12.6 Å². The summed E-state index contributed by atoms with van der Waals surface area (Å²) in [6, 6.07) is 0. The van der Waals surface area contributed by atoms with Crippen molar-refractivity contribution in [2.75, 3.05) is 26.7 Å². The summed E-state index contributed by atoms with van der Waals surface area (Å²) in [5, 5.41) is 0.858. The van der Waals surface area contributed by atoms with Crippen LogP contribution >= 0.6 is 0 Å². The normalized spacial score (nSPS) is 19.5. The largest absolute Gasteiger partial charge is 0.492 e. The number of amides is 1. The van der Waals surface area contributed by atoms with Gasteiger partial charge in [0.25, 0.3) is 0 Å². The van der Waals surface area contributed by atoms with Gasteiger partial charge in [-0.2, -0.15) is 13.2 Å². The Balaban J connectivity index is 2.50. The fraction of sp³-hybridized carbons (Fsp3) is 0.750. The SMILES string of the molecule is CN1CCN(OC(=O)C(F)(F)F)CCC1=O. The predicted octanol–water partition coefficient (Wildman–Crippen LogP) is 0.171. The van der Waals surface area contributed by atoms with Gasteiger partial charge in [-0.25, -0.2) is 4.79 Å². The zero-order valence-corrected chi connectivity index (χ0v) is 8.58. The lowest BCUT2D eigenvalue weighted by Gasteiger charge is -2.19. The maximum atomic E-state index is 11.9. The highest BCUT2D eigenvalue weighted by atomic mass is 19.4. The molecule has 92 valence electrons. The predicted molar refractivity (Wildman–Crippen MR) is 46.0 cm³/mol. The summed E-state index contributed by atoms with van der Waals surface area (Å²) in [6.45, 7) is 0.277. The van der Waals surface area contributed by atoms with Gasteiger partial charge < -0.3 is 9.74 Å². The minimum atomic E-state index is -5.01. The van der Waals surface area contributed by atoms with Gasteiger partial charge in [0.1, 0.15) is 0 Å². The molecule has 1 heterocycles. The van der Waals surface area contributed by atoms with Crippen molar-refractivity contribution in [2.24, 2.45) is 0 Å². The van der Waals surface area contributed by atoms with Gasteiger partial charge >= 0.3 is 12.1 Å². The molecule has 0 aromatic rings. The highest BCUT2D eigenvalue weighted by Crippen LogP contribution is 2.17. The Kier molecular flexibility index (Phi) is 3.74. The second-order valence-electron chi connectivity index (χ2n) is 3.37. The molecule has 0 aromatic heterocycles. The zero-order chi connectivity index (χ0) is 12.3. The molecule has 1 amide bonds. The Hall–Kier alpha value is -1.31. The molecule has 5 nitrogen and oxygen atoms in total. The molecule has 0 saturated carbocycles. The fourth-order valence-electron chi connectivity index (χ4n) is 1.17. The van der Waals surface area contributed by atoms with Crippen LogP contribution in [0.1, 0.15) is 6.42 Å². The van der Waals surface area contributed by atoms with Crippen LogP contribution in [0.4, 0.5) is 13.2 Å². The number of nitrogens with zero attached hydrogens (tertiary/aromatic N) is 2. The van der Waals surface area contributed by atoms with E-state index in [0.29, 0.717) is 0 Å². The van der Waals surface area contributed by atoms with Crippen molar-refractivity contribution in [1.29, 1.82) is 0 Å². The number of alkyl halides is 3. The molecule has 8 heteroatoms. The molecule has 16 heavy (non-hydrogen) atoms. The average Bonchev–Trinajstić information content (AvgIpc) is 2.32. The van der Waals surface area contributed by atoms with E-state index in [-0.39, 0.29) is 32.0 Å². The number of hydrogen-bond acceptors (Lipinski definition) is 4. The Bertz CT molecular complexity index is 293. The van der Waals surface area contributed by atoms with Gasteiger partial charge in [0.2, 0.25) is 5.91 Å². The van der Waals surface area contributed by atoms with Crippen molar-refractivity contribution in [3.63, 3.8) is 0 Å². The van der Waals surface area contributed by atoms with Crippen LogP contribution in [-0.4, -0.2) is 54.7 Å². The van der Waals surface area contributed by atoms with Gasteiger partial charge in [0.05, 0.1) is 6.54 Å². The molecule has 1 saturated heterocycles. The molecule has 1 aliphatic rings. The topological polar surface area (TPSA) is 49.9 Å². The average molecular weight is 240 g/mol. The van der Waals surface area contributed by atoms with E-state index in [1.54, 1.807) is 0 Å². The number of hydroxylamine groups is 2. The summed E-state index contributed by atoms with van der Waals surface area (Å²) in [7, 11) is 1.54. The first-order chi connectivity index (χ1) is 7.30. The molecule has 0 atom stereocenters. The van der Waals surface area contributed by atoms with Crippen LogP contribution in [0.5, 0.6) is 0 Å². The first-order valence-corrected chi connectivity index (χ1v) is 4.58. The highest BCUT2D eigenvalue weighted by Gasteiger charge is 2.42. The van der Waals surface area contributed by atoms with E-state index in [2.05, 4.69) is 4.84 Å². The molecule has 0 bridgehead atoms. The smallest absolute Gasteiger partial charge is 0.361 e. The number of rotatable bonds is 1. The first kappa shape index (κ1) is 12.8. The van der Waals surface area contributed by atoms with E-state index in [1.165, 1.54) is 11.9 Å². The zero-order valence-electron chi connectivity index (χ0n) is 8.58. The molecule has 0 aliphatic carbocycles. The summed E-state index contributed by atoms with van der Waals surface area (Å²) < 4.78 is 35.6. The van der Waals surface area contributed by atoms with E-state index in [1.807, 2.05) is 0 Å². The Morgan fingerprint density at radius 2 is 1.94 bits per heavy atom. The Morgan fingerprint density at radius 1 is 1.31 bits per heavy atom. The van der Waals surface area contributed by atoms with E-state index in [4.69, 9.17) is 0 Å². The minimum absolute atomic E-state index is 0.0228. The molecule has 0 N–H and O–H groups in total. The van der Waals surface area contributed by atoms with Gasteiger partial charge in [-0.3, -0.25) is 4.79 Å². The summed E-state index contributed by atoms with van der Waals surface area (Å²) in [4.78, 5) is 27.2. The maximum absolute atomic E-state index is 11.9. The van der Waals surface area contributed by atoms with Gasteiger partial charge in [-0.15, -0.1) is 5.06 Å². The minimum Gasteiger partial charge on any atom is -0.361 e. The third kappa shape index (κ3) is 3.37.